The molecule has 4 N–H and O–H groups in total. The smallest absolute Gasteiger partial charge is 0.423 e. The summed E-state index contributed by atoms with van der Waals surface area (Å²) in [4.78, 5) is 2.07. The maximum Gasteiger partial charge on any atom is 0.494 e. The van der Waals surface area contributed by atoms with E-state index in [2.05, 4.69) is 17.6 Å². The molecule has 0 aliphatic carbocycles. The molecule has 0 fully saturated rings. The number of aromatic nitrogens is 1. The Morgan fingerprint density at radius 1 is 0.649 bits per heavy atom. The molecular formula is C19H15B2F8NO4S3. The van der Waals surface area contributed by atoms with Crippen molar-refractivity contribution in [3.8, 4) is 0 Å². The molecule has 0 aliphatic rings. The molecule has 3 aromatic rings. The molecule has 37 heavy (non-hydrogen) atoms. The van der Waals surface area contributed by atoms with Crippen molar-refractivity contribution in [3.63, 3.8) is 0 Å². The zero-order valence-electron chi connectivity index (χ0n) is 18.5. The fraction of sp³-hybridized carbons (Fsp3) is 0.105. The summed E-state index contributed by atoms with van der Waals surface area (Å²) in [6.45, 7) is 0. The minimum atomic E-state index is -2.63. The van der Waals surface area contributed by atoms with Gasteiger partial charge in [-0.25, -0.2) is 40.1 Å². The lowest BCUT2D eigenvalue weighted by molar-refractivity contribution is 0.399. The quantitative estimate of drug-likeness (QED) is 0.105. The van der Waals surface area contributed by atoms with E-state index in [1.807, 2.05) is 24.5 Å². The monoisotopic (exact) mass is 591 g/mol. The van der Waals surface area contributed by atoms with Crippen molar-refractivity contribution >= 4 is 61.3 Å². The van der Waals surface area contributed by atoms with Gasteiger partial charge in [-0.1, -0.05) is 6.07 Å². The summed E-state index contributed by atoms with van der Waals surface area (Å²) in [6, 6.07) is 5.89. The molecule has 0 saturated carbocycles. The molecule has 1 aromatic heterocycles. The third kappa shape index (κ3) is 8.02. The van der Waals surface area contributed by atoms with Crippen LogP contribution in [0.15, 0.2) is 39.2 Å². The second kappa shape index (κ2) is 14.8. The van der Waals surface area contributed by atoms with Gasteiger partial charge in [-0.15, -0.1) is 36.2 Å². The highest BCUT2D eigenvalue weighted by atomic mass is 32.2. The number of hydrogen-bond donors (Lipinski definition) is 5. The van der Waals surface area contributed by atoms with E-state index < -0.39 is 81.5 Å². The normalized spacial score (nSPS) is 10.2. The SMILES string of the molecule is CSc1c(F)c(F)c(B(O)O)c(F)c1F.CSc1ccccn1.OB(O)c1c(F)c(F)c(S)c(F)c1F. The van der Waals surface area contributed by atoms with Gasteiger partial charge in [-0.05, 0) is 24.6 Å². The van der Waals surface area contributed by atoms with Crippen molar-refractivity contribution in [2.24, 2.45) is 0 Å². The molecule has 0 atom stereocenters. The number of halogens is 8. The van der Waals surface area contributed by atoms with Gasteiger partial charge >= 0.3 is 14.2 Å². The van der Waals surface area contributed by atoms with E-state index in [-0.39, 0.29) is 0 Å². The van der Waals surface area contributed by atoms with Crippen LogP contribution in [0, 0.1) is 46.5 Å². The topological polar surface area (TPSA) is 93.8 Å². The summed E-state index contributed by atoms with van der Waals surface area (Å²) >= 11 is 5.31. The number of hydrogen-bond acceptors (Lipinski definition) is 8. The van der Waals surface area contributed by atoms with E-state index in [1.165, 1.54) is 6.26 Å². The molecular weight excluding hydrogens is 576 g/mol. The summed E-state index contributed by atoms with van der Waals surface area (Å²) in [5.74, 6) is -14.1. The van der Waals surface area contributed by atoms with Crippen LogP contribution in [0.4, 0.5) is 35.1 Å². The fourth-order valence-corrected chi connectivity index (χ4v) is 3.48. The van der Waals surface area contributed by atoms with Crippen molar-refractivity contribution in [2.75, 3.05) is 12.5 Å². The molecule has 0 amide bonds. The summed E-state index contributed by atoms with van der Waals surface area (Å²) < 4.78 is 103. The molecule has 0 radical (unpaired) electrons. The Hall–Kier alpha value is -1.95. The van der Waals surface area contributed by atoms with Crippen LogP contribution in [0.2, 0.25) is 0 Å². The predicted octanol–water partition coefficient (Wildman–Crippen LogP) is 2.66. The highest BCUT2D eigenvalue weighted by Gasteiger charge is 2.31. The number of thioether (sulfide) groups is 2. The van der Waals surface area contributed by atoms with Crippen LogP contribution in [-0.2, 0) is 0 Å². The second-order valence-electron chi connectivity index (χ2n) is 6.34. The van der Waals surface area contributed by atoms with Gasteiger partial charge < -0.3 is 20.1 Å². The molecule has 0 bridgehead atoms. The van der Waals surface area contributed by atoms with Crippen LogP contribution in [0.1, 0.15) is 0 Å². The van der Waals surface area contributed by atoms with Crippen LogP contribution < -0.4 is 10.9 Å². The molecule has 18 heteroatoms. The van der Waals surface area contributed by atoms with Crippen LogP contribution in [0.3, 0.4) is 0 Å². The number of nitrogens with zero attached hydrogens (tertiary/aromatic N) is 1. The van der Waals surface area contributed by atoms with Crippen molar-refractivity contribution in [1.82, 2.24) is 4.98 Å². The van der Waals surface area contributed by atoms with Gasteiger partial charge in [-0.3, -0.25) is 0 Å². The standard InChI is InChI=1S/C7H5BF4O2S.C6H3BF4O2S.C6H7NS/c1-15-7-5(11)3(9)2(8(13)14)4(10)6(7)12;8-2-1(7(12)13)3(9)5(11)6(14)4(2)10;1-8-6-4-2-3-5-7-6/h13-14H,1H3;12-14H;2-5H,1H3. The minimum Gasteiger partial charge on any atom is -0.423 e. The Kier molecular flexibility index (Phi) is 13.3. The van der Waals surface area contributed by atoms with E-state index in [9.17, 15) is 35.1 Å². The first-order valence-electron chi connectivity index (χ1n) is 9.34. The zero-order valence-corrected chi connectivity index (χ0v) is 21.0. The average molecular weight is 591 g/mol. The summed E-state index contributed by atoms with van der Waals surface area (Å²) in [5, 5.41) is 35.0. The molecule has 0 saturated heterocycles. The number of pyridine rings is 1. The number of benzene rings is 2. The molecule has 2 aromatic carbocycles. The van der Waals surface area contributed by atoms with Crippen molar-refractivity contribution in [2.45, 2.75) is 14.8 Å². The van der Waals surface area contributed by atoms with E-state index in [1.54, 1.807) is 18.0 Å². The van der Waals surface area contributed by atoms with Gasteiger partial charge in [0, 0.05) is 6.20 Å². The van der Waals surface area contributed by atoms with E-state index in [0.717, 1.165) is 5.03 Å². The zero-order chi connectivity index (χ0) is 28.6. The molecule has 1 heterocycles. The first kappa shape index (κ1) is 33.1. The Morgan fingerprint density at radius 2 is 1.05 bits per heavy atom. The van der Waals surface area contributed by atoms with Gasteiger partial charge in [0.2, 0.25) is 0 Å². The Labute approximate surface area is 219 Å². The largest absolute Gasteiger partial charge is 0.494 e. The maximum absolute atomic E-state index is 13.0. The molecule has 0 aliphatic heterocycles. The Morgan fingerprint density at radius 3 is 1.32 bits per heavy atom. The first-order valence-corrected chi connectivity index (χ1v) is 12.2. The fourth-order valence-electron chi connectivity index (χ4n) is 2.37. The van der Waals surface area contributed by atoms with E-state index in [4.69, 9.17) is 20.1 Å². The van der Waals surface area contributed by atoms with Crippen LogP contribution >= 0.6 is 36.2 Å². The average Bonchev–Trinajstić information content (AvgIpc) is 2.86. The van der Waals surface area contributed by atoms with Gasteiger partial charge in [0.1, 0.15) is 0 Å². The van der Waals surface area contributed by atoms with Gasteiger partial charge in [0.05, 0.1) is 25.7 Å². The molecule has 200 valence electrons. The van der Waals surface area contributed by atoms with E-state index in [0.29, 0.717) is 11.8 Å². The van der Waals surface area contributed by atoms with Gasteiger partial charge in [-0.2, -0.15) is 0 Å². The summed E-state index contributed by atoms with van der Waals surface area (Å²) in [6.07, 6.45) is 5.05. The van der Waals surface area contributed by atoms with Crippen molar-refractivity contribution in [3.05, 3.63) is 70.9 Å². The third-order valence-corrected chi connectivity index (χ3v) is 5.92. The lowest BCUT2D eigenvalue weighted by Gasteiger charge is -2.09. The lowest BCUT2D eigenvalue weighted by atomic mass is 9.79. The van der Waals surface area contributed by atoms with Crippen molar-refractivity contribution in [1.29, 1.82) is 0 Å². The molecule has 0 spiro atoms. The van der Waals surface area contributed by atoms with Crippen molar-refractivity contribution < 1.29 is 55.2 Å². The Bertz CT molecular complexity index is 1170. The molecule has 0 unspecified atom stereocenters. The first-order chi connectivity index (χ1) is 17.2. The minimum absolute atomic E-state index is 0.478. The number of rotatable bonds is 4. The third-order valence-electron chi connectivity index (χ3n) is 4.10. The molecule has 3 rings (SSSR count). The van der Waals surface area contributed by atoms with Crippen LogP contribution in [-0.4, -0.2) is 51.8 Å². The highest BCUT2D eigenvalue weighted by molar-refractivity contribution is 7.98. The molecule has 5 nitrogen and oxygen atoms in total. The van der Waals surface area contributed by atoms with Gasteiger partial charge in [0.15, 0.2) is 46.5 Å². The maximum atomic E-state index is 13.0. The second-order valence-corrected chi connectivity index (χ2v) is 8.43. The summed E-state index contributed by atoms with van der Waals surface area (Å²) in [5.41, 5.74) is -2.90. The Balaban J connectivity index is 0.000000290. The van der Waals surface area contributed by atoms with Crippen LogP contribution in [0.5, 0.6) is 0 Å². The number of thiol groups is 1. The predicted molar refractivity (Wildman–Crippen MR) is 127 cm³/mol. The highest BCUT2D eigenvalue weighted by Crippen LogP contribution is 2.26. The lowest BCUT2D eigenvalue weighted by Crippen LogP contribution is -2.37. The van der Waals surface area contributed by atoms with Gasteiger partial charge in [0.25, 0.3) is 0 Å². The van der Waals surface area contributed by atoms with Crippen LogP contribution in [0.25, 0.3) is 0 Å². The summed E-state index contributed by atoms with van der Waals surface area (Å²) in [7, 11) is -5.24. The van der Waals surface area contributed by atoms with E-state index >= 15 is 0 Å².